The lowest BCUT2D eigenvalue weighted by molar-refractivity contribution is -0.292. The Labute approximate surface area is 184 Å². The molecule has 0 amide bonds. The van der Waals surface area contributed by atoms with Crippen LogP contribution in [-0.2, 0) is 9.47 Å². The number of rotatable bonds is 22. The third-order valence-corrected chi connectivity index (χ3v) is 7.00. The highest BCUT2D eigenvalue weighted by Crippen LogP contribution is 2.47. The van der Waals surface area contributed by atoms with Crippen LogP contribution in [0.15, 0.2) is 0 Å². The highest BCUT2D eigenvalue weighted by molar-refractivity contribution is 4.91. The van der Waals surface area contributed by atoms with Gasteiger partial charge < -0.3 is 9.47 Å². The van der Waals surface area contributed by atoms with Crippen LogP contribution in [0.1, 0.15) is 151 Å². The van der Waals surface area contributed by atoms with Crippen LogP contribution in [-0.4, -0.2) is 19.0 Å². The van der Waals surface area contributed by atoms with E-state index in [4.69, 9.17) is 9.47 Å². The van der Waals surface area contributed by atoms with Gasteiger partial charge in [0, 0.05) is 18.6 Å². The molecule has 0 aromatic carbocycles. The Balaban J connectivity index is 4.78. The summed E-state index contributed by atoms with van der Waals surface area (Å²) in [4.78, 5) is 0. The summed E-state index contributed by atoms with van der Waals surface area (Å²) < 4.78 is 12.6. The van der Waals surface area contributed by atoms with Gasteiger partial charge in [-0.25, -0.2) is 0 Å². The maximum absolute atomic E-state index is 6.32. The summed E-state index contributed by atoms with van der Waals surface area (Å²) in [5.41, 5.74) is 0.145. The van der Waals surface area contributed by atoms with E-state index in [2.05, 4.69) is 41.5 Å². The van der Waals surface area contributed by atoms with Crippen molar-refractivity contribution in [2.45, 2.75) is 156 Å². The molecule has 0 fully saturated rings. The standard InChI is InChI=1S/C27H56O2/c1-7-12-14-16-18-19-21-23-25-27(9-3,24-22-20-17-15-13-8-2)26(6,28-10-4)29-11-5/h7-25H2,1-6H3. The van der Waals surface area contributed by atoms with Crippen molar-refractivity contribution in [2.75, 3.05) is 13.2 Å². The fraction of sp³-hybridized carbons (Fsp3) is 1.00. The van der Waals surface area contributed by atoms with Gasteiger partial charge in [0.1, 0.15) is 0 Å². The molecule has 176 valence electrons. The number of hydrogen-bond acceptors (Lipinski definition) is 2. The summed E-state index contributed by atoms with van der Waals surface area (Å²) in [6.45, 7) is 14.8. The molecule has 0 aromatic heterocycles. The third-order valence-electron chi connectivity index (χ3n) is 7.00. The maximum atomic E-state index is 6.32. The Kier molecular flexibility index (Phi) is 18.6. The Hall–Kier alpha value is -0.0800. The minimum atomic E-state index is -0.449. The minimum absolute atomic E-state index is 0.145. The first-order chi connectivity index (χ1) is 14.1. The van der Waals surface area contributed by atoms with E-state index in [1.807, 2.05) is 0 Å². The van der Waals surface area contributed by atoms with E-state index < -0.39 is 5.79 Å². The molecule has 0 heterocycles. The normalized spacial score (nSPS) is 14.3. The lowest BCUT2D eigenvalue weighted by atomic mass is 9.69. The zero-order chi connectivity index (χ0) is 21.8. The van der Waals surface area contributed by atoms with Crippen LogP contribution in [0.2, 0.25) is 0 Å². The number of unbranched alkanes of at least 4 members (excludes halogenated alkanes) is 12. The largest absolute Gasteiger partial charge is 0.350 e. The molecular formula is C27H56O2. The van der Waals surface area contributed by atoms with Crippen LogP contribution >= 0.6 is 0 Å². The fourth-order valence-corrected chi connectivity index (χ4v) is 4.99. The van der Waals surface area contributed by atoms with Gasteiger partial charge in [-0.3, -0.25) is 0 Å². The van der Waals surface area contributed by atoms with Crippen molar-refractivity contribution in [2.24, 2.45) is 5.41 Å². The van der Waals surface area contributed by atoms with Gasteiger partial charge in [0.2, 0.25) is 0 Å². The molecule has 2 nitrogen and oxygen atoms in total. The summed E-state index contributed by atoms with van der Waals surface area (Å²) in [6, 6.07) is 0. The molecule has 29 heavy (non-hydrogen) atoms. The molecule has 0 aliphatic heterocycles. The topological polar surface area (TPSA) is 18.5 Å². The Morgan fingerprint density at radius 2 is 0.828 bits per heavy atom. The molecule has 0 radical (unpaired) electrons. The number of ether oxygens (including phenoxy) is 2. The van der Waals surface area contributed by atoms with E-state index in [-0.39, 0.29) is 5.41 Å². The molecule has 0 aromatic rings. The third kappa shape index (κ3) is 11.8. The smallest absolute Gasteiger partial charge is 0.170 e. The lowest BCUT2D eigenvalue weighted by Crippen LogP contribution is -2.50. The van der Waals surface area contributed by atoms with Gasteiger partial charge in [-0.15, -0.1) is 0 Å². The summed E-state index contributed by atoms with van der Waals surface area (Å²) >= 11 is 0. The van der Waals surface area contributed by atoms with Crippen molar-refractivity contribution in [3.8, 4) is 0 Å². The first-order valence-corrected chi connectivity index (χ1v) is 13.3. The van der Waals surface area contributed by atoms with Gasteiger partial charge in [-0.2, -0.15) is 0 Å². The van der Waals surface area contributed by atoms with Crippen LogP contribution < -0.4 is 0 Å². The average molecular weight is 413 g/mol. The van der Waals surface area contributed by atoms with Crippen molar-refractivity contribution >= 4 is 0 Å². The Morgan fingerprint density at radius 1 is 0.483 bits per heavy atom. The van der Waals surface area contributed by atoms with Gasteiger partial charge >= 0.3 is 0 Å². The fourth-order valence-electron chi connectivity index (χ4n) is 4.99. The summed E-state index contributed by atoms with van der Waals surface area (Å²) in [5, 5.41) is 0. The van der Waals surface area contributed by atoms with Crippen LogP contribution in [0.4, 0.5) is 0 Å². The second-order valence-electron chi connectivity index (χ2n) is 9.19. The van der Waals surface area contributed by atoms with Crippen molar-refractivity contribution in [1.29, 1.82) is 0 Å². The van der Waals surface area contributed by atoms with Gasteiger partial charge in [0.05, 0.1) is 0 Å². The summed E-state index contributed by atoms with van der Waals surface area (Å²) in [6.07, 6.45) is 22.8. The van der Waals surface area contributed by atoms with Gasteiger partial charge in [-0.1, -0.05) is 111 Å². The van der Waals surface area contributed by atoms with E-state index in [9.17, 15) is 0 Å². The van der Waals surface area contributed by atoms with Crippen molar-refractivity contribution < 1.29 is 9.47 Å². The van der Waals surface area contributed by atoms with Gasteiger partial charge in [0.25, 0.3) is 0 Å². The molecule has 0 spiro atoms. The predicted molar refractivity (Wildman–Crippen MR) is 130 cm³/mol. The zero-order valence-corrected chi connectivity index (χ0v) is 21.3. The summed E-state index contributed by atoms with van der Waals surface area (Å²) in [5.74, 6) is -0.449. The quantitative estimate of drug-likeness (QED) is 0.130. The SMILES string of the molecule is CCCCCCCCCCC(CC)(CCCCCCCC)C(C)(OCC)OCC. The molecule has 0 saturated carbocycles. The molecule has 2 heteroatoms. The maximum Gasteiger partial charge on any atom is 0.170 e. The predicted octanol–water partition coefficient (Wildman–Crippen LogP) is 9.45. The molecule has 0 N–H and O–H groups in total. The van der Waals surface area contributed by atoms with E-state index in [1.54, 1.807) is 0 Å². The van der Waals surface area contributed by atoms with E-state index >= 15 is 0 Å². The summed E-state index contributed by atoms with van der Waals surface area (Å²) in [7, 11) is 0. The Bertz CT molecular complexity index is 335. The molecule has 0 aliphatic rings. The molecule has 0 saturated heterocycles. The number of hydrogen-bond donors (Lipinski definition) is 0. The minimum Gasteiger partial charge on any atom is -0.350 e. The highest BCUT2D eigenvalue weighted by atomic mass is 16.7. The van der Waals surface area contributed by atoms with Crippen LogP contribution in [0.25, 0.3) is 0 Å². The van der Waals surface area contributed by atoms with Gasteiger partial charge in [0.15, 0.2) is 5.79 Å². The molecule has 0 bridgehead atoms. The first kappa shape index (κ1) is 28.9. The van der Waals surface area contributed by atoms with E-state index in [1.165, 1.54) is 103 Å². The van der Waals surface area contributed by atoms with Crippen molar-refractivity contribution in [3.05, 3.63) is 0 Å². The van der Waals surface area contributed by atoms with Crippen LogP contribution in [0, 0.1) is 5.41 Å². The monoisotopic (exact) mass is 412 g/mol. The van der Waals surface area contributed by atoms with E-state index in [0.717, 1.165) is 19.6 Å². The Morgan fingerprint density at radius 3 is 1.14 bits per heavy atom. The van der Waals surface area contributed by atoms with Crippen LogP contribution in [0.5, 0.6) is 0 Å². The van der Waals surface area contributed by atoms with Crippen molar-refractivity contribution in [3.63, 3.8) is 0 Å². The molecule has 1 atom stereocenters. The zero-order valence-electron chi connectivity index (χ0n) is 21.3. The van der Waals surface area contributed by atoms with Crippen molar-refractivity contribution in [1.82, 2.24) is 0 Å². The van der Waals surface area contributed by atoms with E-state index in [0.29, 0.717) is 0 Å². The lowest BCUT2D eigenvalue weighted by Gasteiger charge is -2.48. The average Bonchev–Trinajstić information content (AvgIpc) is 2.71. The van der Waals surface area contributed by atoms with Crippen LogP contribution in [0.3, 0.4) is 0 Å². The molecule has 1 unspecified atom stereocenters. The highest BCUT2D eigenvalue weighted by Gasteiger charge is 2.47. The van der Waals surface area contributed by atoms with Gasteiger partial charge in [-0.05, 0) is 40.0 Å². The molecular weight excluding hydrogens is 356 g/mol. The molecule has 0 rings (SSSR count). The second-order valence-corrected chi connectivity index (χ2v) is 9.19. The molecule has 0 aliphatic carbocycles. The first-order valence-electron chi connectivity index (χ1n) is 13.3. The second kappa shape index (κ2) is 18.7.